The summed E-state index contributed by atoms with van der Waals surface area (Å²) in [6.07, 6.45) is 4.95. The third-order valence-electron chi connectivity index (χ3n) is 18.1. The van der Waals surface area contributed by atoms with Crippen LogP contribution < -0.4 is 14.4 Å². The Hall–Kier alpha value is -7.03. The molecule has 12 rings (SSSR count). The number of phosphoric ester groups is 1. The predicted octanol–water partition coefficient (Wildman–Crippen LogP) is 8.39. The number of nitrogens with one attached hydrogen (secondary N) is 1. The standard InChI is InChI=1S/C28H34NO8PSi.C22H27N3O5S2.C18H21N3O5S2/c1-7-18-33-28(31)25-26(19(2)24-23(27(30)29(24)25)20(3)37-39(4,5)6)36-38(32,34-21-14-10-8-11-15-21)35-22-16-12-9-13-17-22;1-5-8-30-21(29)18-19(11(2)17-16(12(3)27)20(28)25(17)18)32-22-23-14(10-31-22)13-6-7-24(4)15(13)9-26;1-7-13-12(8(2)23)16(24)21(13)14(17(25)26)15(7)28-18-20-11(6-27-18)9-3-4-19-10(9)5-22/h7-17,19-20,23-24H,1,18H2,2-6H3;5-6,10-12,15-17,26-27H,1,7-9H2,2-4H3;3,6-8,10,12-13,19,22-23H,4-5H2,1-2H3,(H,25,26)/t19-,20-,23-,24-;11-,12-,15-,16-,17-;7-,8-,10-,12-,13-/m111/s1. The Bertz CT molecular complexity index is 3940. The summed E-state index contributed by atoms with van der Waals surface area (Å²) >= 11 is 5.49. The molecule has 4 aromatic rings. The van der Waals surface area contributed by atoms with Crippen LogP contribution in [-0.2, 0) is 51.8 Å². The molecular formula is C68H82N7O18PS4Si. The number of aliphatic carboxylic acids is 1. The predicted molar refractivity (Wildman–Crippen MR) is 375 cm³/mol. The third-order valence-corrected chi connectivity index (χ3v) is 24.9. The molecule has 3 saturated heterocycles. The summed E-state index contributed by atoms with van der Waals surface area (Å²) in [5, 5.41) is 55.9. The molecule has 14 atom stereocenters. The van der Waals surface area contributed by atoms with Crippen LogP contribution in [0.1, 0.15) is 52.9 Å². The number of aliphatic hydroxyl groups excluding tert-OH is 4. The van der Waals surface area contributed by atoms with Crippen LogP contribution in [0.4, 0.5) is 0 Å². The minimum atomic E-state index is -4.42. The van der Waals surface area contributed by atoms with Gasteiger partial charge in [-0.25, -0.2) is 24.4 Å². The van der Waals surface area contributed by atoms with E-state index in [2.05, 4.69) is 34.4 Å². The largest absolute Gasteiger partial charge is 0.646 e. The first-order chi connectivity index (χ1) is 47.1. The summed E-state index contributed by atoms with van der Waals surface area (Å²) in [5.74, 6) is -5.41. The average Bonchev–Trinajstić information content (AvgIpc) is 1.58. The zero-order chi connectivity index (χ0) is 71.7. The fraction of sp³-hybridized carbons (Fsp3) is 0.441. The van der Waals surface area contributed by atoms with E-state index in [9.17, 15) is 58.9 Å². The van der Waals surface area contributed by atoms with Crippen molar-refractivity contribution in [2.45, 2.75) is 118 Å². The highest BCUT2D eigenvalue weighted by Crippen LogP contribution is 2.59. The molecule has 0 saturated carbocycles. The van der Waals surface area contributed by atoms with E-state index in [-0.39, 0.29) is 121 Å². The van der Waals surface area contributed by atoms with Crippen LogP contribution in [0.2, 0.25) is 19.6 Å². The van der Waals surface area contributed by atoms with Gasteiger partial charge in [-0.2, -0.15) is 4.57 Å². The number of aliphatic hydroxyl groups is 4. The van der Waals surface area contributed by atoms with E-state index in [1.807, 2.05) is 64.3 Å². The van der Waals surface area contributed by atoms with Crippen LogP contribution >= 0.6 is 54.0 Å². The Morgan fingerprint density at radius 1 is 0.687 bits per heavy atom. The number of benzene rings is 2. The Balaban J connectivity index is 0.000000163. The van der Waals surface area contributed by atoms with Crippen LogP contribution in [0.3, 0.4) is 0 Å². The number of carbonyl (C=O) groups is 6. The lowest BCUT2D eigenvalue weighted by molar-refractivity contribution is -0.164. The van der Waals surface area contributed by atoms with Crippen molar-refractivity contribution >= 4 is 109 Å². The Morgan fingerprint density at radius 2 is 1.15 bits per heavy atom. The molecule has 3 amide bonds. The Kier molecular flexibility index (Phi) is 23.4. The molecule has 99 heavy (non-hydrogen) atoms. The van der Waals surface area contributed by atoms with Crippen molar-refractivity contribution in [3.8, 4) is 11.5 Å². The number of rotatable bonds is 26. The Labute approximate surface area is 591 Å². The van der Waals surface area contributed by atoms with E-state index in [0.29, 0.717) is 15.8 Å². The van der Waals surface area contributed by atoms with Crippen LogP contribution in [0.25, 0.3) is 11.1 Å². The molecule has 2 aromatic heterocycles. The maximum Gasteiger partial charge on any atom is 0.646 e. The van der Waals surface area contributed by atoms with E-state index in [1.54, 1.807) is 81.4 Å². The van der Waals surface area contributed by atoms with Gasteiger partial charge in [0.15, 0.2) is 22.7 Å². The van der Waals surface area contributed by atoms with Crippen molar-refractivity contribution in [2.75, 3.05) is 46.6 Å². The minimum Gasteiger partial charge on any atom is -0.477 e. The van der Waals surface area contributed by atoms with E-state index >= 15 is 0 Å². The number of thioether (sulfide) groups is 2. The number of esters is 2. The molecule has 0 radical (unpaired) electrons. The number of hydrogen-bond donors (Lipinski definition) is 6. The quantitative estimate of drug-likeness (QED) is 0.0113. The number of likely N-dealkylation sites (N-methyl/N-ethyl adjacent to an activating group) is 1. The van der Waals surface area contributed by atoms with E-state index in [4.69, 9.17) is 32.5 Å². The first-order valence-electron chi connectivity index (χ1n) is 32.3. The number of carboxylic acids is 1. The first kappa shape index (κ1) is 74.7. The average molecular weight is 1470 g/mol. The van der Waals surface area contributed by atoms with Gasteiger partial charge in [-0.3, -0.25) is 24.2 Å². The van der Waals surface area contributed by atoms with Gasteiger partial charge in [-0.15, -0.1) is 22.7 Å². The van der Waals surface area contributed by atoms with E-state index in [0.717, 1.165) is 38.3 Å². The lowest BCUT2D eigenvalue weighted by Crippen LogP contribution is -2.64. The molecule has 6 N–H and O–H groups in total. The smallest absolute Gasteiger partial charge is 0.477 e. The second kappa shape index (κ2) is 31.1. The number of hydrogen-bond acceptors (Lipinski definition) is 25. The number of aromatic nitrogens is 2. The third kappa shape index (κ3) is 15.2. The van der Waals surface area contributed by atoms with Gasteiger partial charge in [0.05, 0.1) is 90.9 Å². The number of ether oxygens (including phenoxy) is 2. The zero-order valence-corrected chi connectivity index (χ0v) is 61.4. The fourth-order valence-electron chi connectivity index (χ4n) is 13.7. The van der Waals surface area contributed by atoms with Crippen LogP contribution in [-0.4, -0.2) is 194 Å². The molecule has 0 spiro atoms. The molecule has 8 aliphatic heterocycles. The highest BCUT2D eigenvalue weighted by atomic mass is 32.2. The summed E-state index contributed by atoms with van der Waals surface area (Å²) in [7, 11) is -4.43. The van der Waals surface area contributed by atoms with Gasteiger partial charge in [0, 0.05) is 51.4 Å². The molecule has 10 heterocycles. The second-order valence-electron chi connectivity index (χ2n) is 25.8. The van der Waals surface area contributed by atoms with Crippen molar-refractivity contribution in [1.29, 1.82) is 0 Å². The molecule has 25 nitrogen and oxygen atoms in total. The highest BCUT2D eigenvalue weighted by molar-refractivity contribution is 8.05. The van der Waals surface area contributed by atoms with Crippen molar-refractivity contribution in [3.05, 3.63) is 153 Å². The van der Waals surface area contributed by atoms with Crippen molar-refractivity contribution in [1.82, 2.24) is 34.9 Å². The number of β-lactam (4-membered cyclic amide) rings is 3. The number of nitrogens with zero attached hydrogens (tertiary/aromatic N) is 6. The first-order valence-corrected chi connectivity index (χ1v) is 40.5. The van der Waals surface area contributed by atoms with Gasteiger partial charge < -0.3 is 68.1 Å². The summed E-state index contributed by atoms with van der Waals surface area (Å²) < 4.78 is 49.9. The van der Waals surface area contributed by atoms with Crippen LogP contribution in [0.5, 0.6) is 11.5 Å². The second-order valence-corrected chi connectivity index (χ2v) is 36.0. The number of carbonyl (C=O) groups excluding carboxylic acids is 5. The molecule has 3 fully saturated rings. The molecule has 31 heteroatoms. The normalized spacial score (nSPS) is 26.3. The summed E-state index contributed by atoms with van der Waals surface area (Å²) in [6.45, 7) is 25.4. The molecule has 0 unspecified atom stereocenters. The molecular weight excluding hydrogens is 1390 g/mol. The number of fused-ring (bicyclic) bond motifs is 3. The van der Waals surface area contributed by atoms with E-state index in [1.165, 1.54) is 73.0 Å². The topological polar surface area (TPSA) is 327 Å². The maximum atomic E-state index is 14.2. The van der Waals surface area contributed by atoms with E-state index < -0.39 is 76.0 Å². The highest BCUT2D eigenvalue weighted by Gasteiger charge is 2.64. The molecule has 530 valence electrons. The number of phosphoric acid groups is 1. The zero-order valence-electron chi connectivity index (χ0n) is 56.3. The van der Waals surface area contributed by atoms with Gasteiger partial charge in [0.25, 0.3) is 0 Å². The number of amides is 3. The van der Waals surface area contributed by atoms with Crippen molar-refractivity contribution in [3.63, 3.8) is 0 Å². The lowest BCUT2D eigenvalue weighted by atomic mass is 9.79. The van der Waals surface area contributed by atoms with Crippen LogP contribution in [0.15, 0.2) is 150 Å². The molecule has 0 aliphatic carbocycles. The minimum absolute atomic E-state index is 0.000288. The summed E-state index contributed by atoms with van der Waals surface area (Å²) in [6, 6.07) is 15.6. The van der Waals surface area contributed by atoms with Crippen molar-refractivity contribution in [2.24, 2.45) is 35.5 Å². The molecule has 0 bridgehead atoms. The van der Waals surface area contributed by atoms with Crippen LogP contribution in [0, 0.1) is 35.5 Å². The fourth-order valence-corrected chi connectivity index (χ4v) is 20.5. The summed E-state index contributed by atoms with van der Waals surface area (Å²) in [5.41, 5.74) is 3.61. The van der Waals surface area contributed by atoms with Gasteiger partial charge in [-0.05, 0) is 82.9 Å². The Morgan fingerprint density at radius 3 is 1.63 bits per heavy atom. The van der Waals surface area contributed by atoms with Gasteiger partial charge in [-0.1, -0.05) is 118 Å². The van der Waals surface area contributed by atoms with Gasteiger partial charge >= 0.3 is 25.7 Å². The number of para-hydroxylation sites is 2. The SMILES string of the molecule is C=CCOC(=O)C1=C(OP(=O)(Oc2ccccc2)Oc2ccccc2)[C@H](C)[C@@H]2[C@@H]([C@@H](C)O[Si](C)(C)C)C(=O)N12.C=CCOC(=O)C1=C(Sc2nc(C3=CCN(C)[C@@H]3CO)cs2)[C@H](C)[C@@H]2[C@@H]([C@@H](C)O)C(=O)N12.C[C@@H](O)[C@H]1C(=O)N2C(C(=O)O)=C(Sc3nc(C4=CCN[C@@H]4CO)cs3)[C@H](C)[C@H]12. The number of carboxylic acid groups (broad SMARTS) is 1. The maximum absolute atomic E-state index is 14.2. The van der Waals surface area contributed by atoms with Gasteiger partial charge in [0.1, 0.15) is 41.9 Å². The monoisotopic (exact) mass is 1470 g/mol. The molecule has 8 aliphatic rings. The van der Waals surface area contributed by atoms with Gasteiger partial charge in [0.2, 0.25) is 17.7 Å². The van der Waals surface area contributed by atoms with Crippen molar-refractivity contribution < 1.29 is 86.3 Å². The lowest BCUT2D eigenvalue weighted by Gasteiger charge is -2.48. The molecule has 2 aromatic carbocycles. The number of thiazole rings is 2. The summed E-state index contributed by atoms with van der Waals surface area (Å²) in [4.78, 5) is 93.3.